The molecular formula is C23H29NO4. The molecule has 2 aromatic rings. The molecule has 2 rings (SSSR count). The van der Waals surface area contributed by atoms with Crippen LogP contribution in [-0.2, 0) is 14.3 Å². The van der Waals surface area contributed by atoms with Crippen molar-refractivity contribution < 1.29 is 19.1 Å². The third kappa shape index (κ3) is 6.41. The molecule has 0 aliphatic heterocycles. The zero-order valence-electron chi connectivity index (χ0n) is 17.0. The van der Waals surface area contributed by atoms with Crippen LogP contribution in [0.4, 0.5) is 5.69 Å². The van der Waals surface area contributed by atoms with Gasteiger partial charge >= 0.3 is 5.97 Å². The van der Waals surface area contributed by atoms with E-state index in [0.717, 1.165) is 12.0 Å². The largest absolute Gasteiger partial charge is 0.482 e. The van der Waals surface area contributed by atoms with Gasteiger partial charge in [0.15, 0.2) is 13.2 Å². The molecule has 0 aliphatic carbocycles. The molecular weight excluding hydrogens is 354 g/mol. The molecule has 0 saturated carbocycles. The molecule has 0 saturated heterocycles. The SMILES string of the molecule is CC[C@@H](C)c1ccc(NC(=O)COC(=O)COc2ccccc2C(C)C)cc1. The van der Waals surface area contributed by atoms with Crippen molar-refractivity contribution in [2.75, 3.05) is 18.5 Å². The molecule has 0 fully saturated rings. The second-order valence-electron chi connectivity index (χ2n) is 7.12. The molecule has 150 valence electrons. The van der Waals surface area contributed by atoms with Gasteiger partial charge in [-0.15, -0.1) is 0 Å². The number of nitrogens with one attached hydrogen (secondary N) is 1. The second-order valence-corrected chi connectivity index (χ2v) is 7.12. The summed E-state index contributed by atoms with van der Waals surface area (Å²) in [7, 11) is 0. The summed E-state index contributed by atoms with van der Waals surface area (Å²) in [6, 6.07) is 15.3. The standard InChI is InChI=1S/C23H29NO4/c1-5-17(4)18-10-12-19(13-11-18)24-22(25)14-28-23(26)15-27-21-9-7-6-8-20(21)16(2)3/h6-13,16-17H,5,14-15H2,1-4H3,(H,24,25)/t17-/m1/s1. The summed E-state index contributed by atoms with van der Waals surface area (Å²) in [6.45, 7) is 7.83. The molecule has 1 amide bonds. The van der Waals surface area contributed by atoms with Crippen LogP contribution in [0.2, 0.25) is 0 Å². The van der Waals surface area contributed by atoms with Crippen LogP contribution < -0.4 is 10.1 Å². The van der Waals surface area contributed by atoms with Crippen molar-refractivity contribution >= 4 is 17.6 Å². The number of hydrogen-bond donors (Lipinski definition) is 1. The van der Waals surface area contributed by atoms with Crippen LogP contribution in [0.15, 0.2) is 48.5 Å². The van der Waals surface area contributed by atoms with Gasteiger partial charge in [0, 0.05) is 5.69 Å². The van der Waals surface area contributed by atoms with E-state index in [2.05, 4.69) is 33.0 Å². The fourth-order valence-electron chi connectivity index (χ4n) is 2.74. The minimum Gasteiger partial charge on any atom is -0.482 e. The molecule has 0 spiro atoms. The summed E-state index contributed by atoms with van der Waals surface area (Å²) in [5.41, 5.74) is 2.93. The van der Waals surface area contributed by atoms with E-state index in [1.807, 2.05) is 48.5 Å². The maximum absolute atomic E-state index is 12.0. The zero-order chi connectivity index (χ0) is 20.5. The number of rotatable bonds is 9. The third-order valence-corrected chi connectivity index (χ3v) is 4.63. The van der Waals surface area contributed by atoms with E-state index in [-0.39, 0.29) is 25.0 Å². The van der Waals surface area contributed by atoms with Gasteiger partial charge in [-0.2, -0.15) is 0 Å². The van der Waals surface area contributed by atoms with Gasteiger partial charge in [0.1, 0.15) is 5.75 Å². The normalized spacial score (nSPS) is 11.8. The molecule has 0 aromatic heterocycles. The van der Waals surface area contributed by atoms with Gasteiger partial charge in [-0.25, -0.2) is 4.79 Å². The van der Waals surface area contributed by atoms with Crippen LogP contribution >= 0.6 is 0 Å². The first-order valence-electron chi connectivity index (χ1n) is 9.67. The third-order valence-electron chi connectivity index (χ3n) is 4.63. The highest BCUT2D eigenvalue weighted by Crippen LogP contribution is 2.25. The second kappa shape index (κ2) is 10.5. The number of carbonyl (C=O) groups excluding carboxylic acids is 2. The first kappa shape index (κ1) is 21.5. The molecule has 2 aromatic carbocycles. The van der Waals surface area contributed by atoms with Gasteiger partial charge in [0.2, 0.25) is 0 Å². The maximum Gasteiger partial charge on any atom is 0.344 e. The van der Waals surface area contributed by atoms with Gasteiger partial charge in [0.25, 0.3) is 5.91 Å². The lowest BCUT2D eigenvalue weighted by Crippen LogP contribution is -2.23. The van der Waals surface area contributed by atoms with E-state index < -0.39 is 5.97 Å². The van der Waals surface area contributed by atoms with E-state index in [1.54, 1.807) is 0 Å². The van der Waals surface area contributed by atoms with Crippen molar-refractivity contribution in [1.29, 1.82) is 0 Å². The lowest BCUT2D eigenvalue weighted by molar-refractivity contribution is -0.149. The monoisotopic (exact) mass is 383 g/mol. The highest BCUT2D eigenvalue weighted by atomic mass is 16.6. The van der Waals surface area contributed by atoms with Gasteiger partial charge in [-0.3, -0.25) is 4.79 Å². The van der Waals surface area contributed by atoms with Gasteiger partial charge in [-0.05, 0) is 47.6 Å². The minimum atomic E-state index is -0.583. The minimum absolute atomic E-state index is 0.235. The van der Waals surface area contributed by atoms with Crippen molar-refractivity contribution in [2.24, 2.45) is 0 Å². The predicted octanol–water partition coefficient (Wildman–Crippen LogP) is 4.88. The summed E-state index contributed by atoms with van der Waals surface area (Å²) < 4.78 is 10.6. The fourth-order valence-corrected chi connectivity index (χ4v) is 2.74. The smallest absolute Gasteiger partial charge is 0.344 e. The Morgan fingerprint density at radius 1 is 0.964 bits per heavy atom. The molecule has 1 N–H and O–H groups in total. The number of benzene rings is 2. The number of carbonyl (C=O) groups is 2. The number of ether oxygens (including phenoxy) is 2. The number of anilines is 1. The van der Waals surface area contributed by atoms with E-state index in [9.17, 15) is 9.59 Å². The highest BCUT2D eigenvalue weighted by Gasteiger charge is 2.12. The summed E-state index contributed by atoms with van der Waals surface area (Å²) in [6.07, 6.45) is 1.06. The van der Waals surface area contributed by atoms with Gasteiger partial charge in [0.05, 0.1) is 0 Å². The fraction of sp³-hybridized carbons (Fsp3) is 0.391. The molecule has 0 radical (unpaired) electrons. The Hall–Kier alpha value is -2.82. The van der Waals surface area contributed by atoms with E-state index in [0.29, 0.717) is 17.4 Å². The van der Waals surface area contributed by atoms with E-state index in [4.69, 9.17) is 9.47 Å². The summed E-state index contributed by atoms with van der Waals surface area (Å²) in [5, 5.41) is 2.72. The molecule has 1 atom stereocenters. The number of para-hydroxylation sites is 1. The molecule has 0 aliphatic rings. The Balaban J connectivity index is 1.77. The lowest BCUT2D eigenvalue weighted by Gasteiger charge is -2.13. The average molecular weight is 383 g/mol. The molecule has 0 unspecified atom stereocenters. The van der Waals surface area contributed by atoms with Crippen molar-refractivity contribution in [1.82, 2.24) is 0 Å². The Bertz CT molecular complexity index is 783. The first-order valence-corrected chi connectivity index (χ1v) is 9.67. The highest BCUT2D eigenvalue weighted by molar-refractivity contribution is 5.92. The number of esters is 1. The summed E-state index contributed by atoms with van der Waals surface area (Å²) in [4.78, 5) is 23.9. The van der Waals surface area contributed by atoms with Crippen molar-refractivity contribution in [3.05, 3.63) is 59.7 Å². The number of amides is 1. The predicted molar refractivity (Wildman–Crippen MR) is 111 cm³/mol. The van der Waals surface area contributed by atoms with E-state index >= 15 is 0 Å². The molecule has 28 heavy (non-hydrogen) atoms. The van der Waals surface area contributed by atoms with Gasteiger partial charge < -0.3 is 14.8 Å². The van der Waals surface area contributed by atoms with Crippen LogP contribution in [0.25, 0.3) is 0 Å². The van der Waals surface area contributed by atoms with Crippen LogP contribution in [0.5, 0.6) is 5.75 Å². The summed E-state index contributed by atoms with van der Waals surface area (Å²) in [5.74, 6) is 0.449. The van der Waals surface area contributed by atoms with Crippen molar-refractivity contribution in [2.45, 2.75) is 46.0 Å². The molecule has 5 heteroatoms. The lowest BCUT2D eigenvalue weighted by atomic mass is 9.99. The Kier molecular flexibility index (Phi) is 8.05. The first-order chi connectivity index (χ1) is 13.4. The molecule has 5 nitrogen and oxygen atoms in total. The quantitative estimate of drug-likeness (QED) is 0.627. The summed E-state index contributed by atoms with van der Waals surface area (Å²) >= 11 is 0. The maximum atomic E-state index is 12.0. The van der Waals surface area contributed by atoms with Crippen LogP contribution in [0, 0.1) is 0 Å². The van der Waals surface area contributed by atoms with Gasteiger partial charge in [-0.1, -0.05) is 58.0 Å². The Morgan fingerprint density at radius 2 is 1.64 bits per heavy atom. The number of hydrogen-bond acceptors (Lipinski definition) is 4. The topological polar surface area (TPSA) is 64.6 Å². The average Bonchev–Trinajstić information content (AvgIpc) is 2.70. The van der Waals surface area contributed by atoms with E-state index in [1.165, 1.54) is 5.56 Å². The Morgan fingerprint density at radius 3 is 2.29 bits per heavy atom. The van der Waals surface area contributed by atoms with Crippen LogP contribution in [0.3, 0.4) is 0 Å². The van der Waals surface area contributed by atoms with Crippen LogP contribution in [-0.4, -0.2) is 25.1 Å². The molecule has 0 heterocycles. The van der Waals surface area contributed by atoms with Crippen LogP contribution in [0.1, 0.15) is 57.1 Å². The van der Waals surface area contributed by atoms with Crippen molar-refractivity contribution in [3.63, 3.8) is 0 Å². The van der Waals surface area contributed by atoms with Crippen molar-refractivity contribution in [3.8, 4) is 5.75 Å². The molecule has 0 bridgehead atoms. The Labute approximate surface area is 167 Å². The zero-order valence-corrected chi connectivity index (χ0v) is 17.0.